The van der Waals surface area contributed by atoms with Gasteiger partial charge in [0.05, 0.1) is 29.9 Å². The zero-order valence-electron chi connectivity index (χ0n) is 34.3. The van der Waals surface area contributed by atoms with Gasteiger partial charge in [0.2, 0.25) is 5.71 Å². The number of aromatic hydroxyl groups is 3. The molecule has 316 valence electrons. The highest BCUT2D eigenvalue weighted by Gasteiger charge is 2.27. The largest absolute Gasteiger partial charge is 0.508 e. The van der Waals surface area contributed by atoms with E-state index in [9.17, 15) is 20.1 Å². The molecule has 0 radical (unpaired) electrons. The van der Waals surface area contributed by atoms with Crippen LogP contribution in [0.25, 0.3) is 61.6 Å². The molecule has 16 heteroatoms. The lowest BCUT2D eigenvalue weighted by Crippen LogP contribution is -2.40. The summed E-state index contributed by atoms with van der Waals surface area (Å²) in [5.74, 6) is 2.12. The van der Waals surface area contributed by atoms with E-state index in [0.29, 0.717) is 102 Å². The monoisotopic (exact) mass is 835 g/mol. The lowest BCUT2D eigenvalue weighted by Gasteiger charge is -2.31. The summed E-state index contributed by atoms with van der Waals surface area (Å²) in [4.78, 5) is 31.6. The van der Waals surface area contributed by atoms with Crippen LogP contribution in [0, 0.1) is 5.92 Å². The number of hydrogen-bond donors (Lipinski definition) is 3. The Morgan fingerprint density at radius 1 is 0.903 bits per heavy atom. The van der Waals surface area contributed by atoms with Crippen molar-refractivity contribution >= 4 is 45.0 Å². The maximum atomic E-state index is 13.5. The zero-order chi connectivity index (χ0) is 42.5. The lowest BCUT2D eigenvalue weighted by atomic mass is 9.94. The second kappa shape index (κ2) is 16.0. The summed E-state index contributed by atoms with van der Waals surface area (Å²) < 4.78 is 21.4. The number of likely N-dealkylation sites (tertiary alicyclic amines) is 1. The first-order valence-corrected chi connectivity index (χ1v) is 20.9. The normalized spacial score (nSPS) is 15.1. The number of piperidine rings is 1. The average Bonchev–Trinajstić information content (AvgIpc) is 4.00. The number of aromatic nitrogens is 7. The van der Waals surface area contributed by atoms with Crippen LogP contribution in [0.3, 0.4) is 0 Å². The first-order valence-electron chi connectivity index (χ1n) is 20.9. The number of phenols is 2. The number of amides is 1. The third kappa shape index (κ3) is 7.25. The fraction of sp³-hybridized carbons (Fsp3) is 0.304. The van der Waals surface area contributed by atoms with E-state index in [1.165, 1.54) is 10.6 Å². The third-order valence-electron chi connectivity index (χ3n) is 12.0. The zero-order valence-corrected chi connectivity index (χ0v) is 34.3. The van der Waals surface area contributed by atoms with Crippen LogP contribution in [0.2, 0.25) is 0 Å². The Morgan fingerprint density at radius 3 is 2.56 bits per heavy atom. The van der Waals surface area contributed by atoms with Crippen LogP contribution < -0.4 is 9.64 Å². The number of ether oxygens (including phenoxy) is 2. The van der Waals surface area contributed by atoms with Gasteiger partial charge >= 0.3 is 12.1 Å². The average molecular weight is 836 g/mol. The number of fused-ring (bicyclic) bond motifs is 4. The molecule has 0 atom stereocenters. The molecule has 16 nitrogen and oxygen atoms in total. The van der Waals surface area contributed by atoms with Crippen molar-refractivity contribution in [3.05, 3.63) is 90.8 Å². The molecule has 2 aliphatic rings. The van der Waals surface area contributed by atoms with E-state index in [1.807, 2.05) is 62.4 Å². The number of aryl methyl sites for hydroxylation is 1. The second-order valence-electron chi connectivity index (χ2n) is 16.2. The first-order chi connectivity index (χ1) is 30.2. The van der Waals surface area contributed by atoms with E-state index in [4.69, 9.17) is 23.9 Å². The first kappa shape index (κ1) is 39.0. The number of nitrogens with zero attached hydrogens (tertiary/aromatic N) is 9. The SMILES string of the molecule is CC(C)c1cc(-c2nnc(O)n2-c2ccc3c(ccn3CCC3CCN(C(=O)Oc4cccc(-c5nc(N6CCOCC6)c6oc7ncccc7c6n5)c4)CC3)c2)c(O)cc1O. The fourth-order valence-electron chi connectivity index (χ4n) is 8.62. The summed E-state index contributed by atoms with van der Waals surface area (Å²) in [5, 5.41) is 41.7. The molecule has 5 aromatic heterocycles. The minimum Gasteiger partial charge on any atom is -0.508 e. The molecule has 7 heterocycles. The Kier molecular flexibility index (Phi) is 10.1. The van der Waals surface area contributed by atoms with Crippen molar-refractivity contribution in [3.63, 3.8) is 0 Å². The van der Waals surface area contributed by atoms with Crippen molar-refractivity contribution in [1.29, 1.82) is 0 Å². The quantitative estimate of drug-likeness (QED) is 0.127. The van der Waals surface area contributed by atoms with E-state index in [-0.39, 0.29) is 35.3 Å². The minimum absolute atomic E-state index is 0.00263. The summed E-state index contributed by atoms with van der Waals surface area (Å²) in [6, 6.07) is 21.7. The molecule has 3 N–H and O–H groups in total. The topological polar surface area (TPSA) is 190 Å². The number of pyridine rings is 1. The Balaban J connectivity index is 0.786. The number of anilines is 1. The molecule has 62 heavy (non-hydrogen) atoms. The maximum Gasteiger partial charge on any atom is 0.415 e. The van der Waals surface area contributed by atoms with Crippen molar-refractivity contribution in [1.82, 2.24) is 39.2 Å². The van der Waals surface area contributed by atoms with Crippen molar-refractivity contribution in [2.75, 3.05) is 44.3 Å². The number of carbonyl (C=O) groups excluding carboxylic acids is 1. The van der Waals surface area contributed by atoms with Gasteiger partial charge in [-0.1, -0.05) is 31.1 Å². The third-order valence-corrected chi connectivity index (χ3v) is 12.0. The van der Waals surface area contributed by atoms with E-state index in [1.54, 1.807) is 29.3 Å². The number of rotatable bonds is 9. The van der Waals surface area contributed by atoms with Crippen LogP contribution in [0.5, 0.6) is 23.3 Å². The summed E-state index contributed by atoms with van der Waals surface area (Å²) in [7, 11) is 0. The standard InChI is InChI=1S/C46H45N9O7/c1-27(2)34-25-35(38(57)26-37(34)56)42-50-51-45(58)55(42)31-8-9-36-29(23-31)13-18-52(36)15-10-28-11-16-54(17-12-28)46(59)61-32-6-3-5-30(24-32)41-48-39-33-7-4-14-47-44(33)62-40(39)43(49-41)53-19-21-60-22-20-53/h3-9,13-14,18,23-28,56-57H,10-12,15-17,19-22H2,1-2H3,(H,51,58). The Hall–Kier alpha value is -7.20. The molecule has 2 saturated heterocycles. The van der Waals surface area contributed by atoms with E-state index in [0.717, 1.165) is 42.1 Å². The van der Waals surface area contributed by atoms with Crippen molar-refractivity contribution < 1.29 is 34.0 Å². The molecule has 0 spiro atoms. The van der Waals surface area contributed by atoms with E-state index >= 15 is 0 Å². The van der Waals surface area contributed by atoms with Gasteiger partial charge in [0, 0.05) is 67.7 Å². The molecule has 0 saturated carbocycles. The summed E-state index contributed by atoms with van der Waals surface area (Å²) in [6.45, 7) is 8.42. The van der Waals surface area contributed by atoms with Gasteiger partial charge in [0.25, 0.3) is 0 Å². The van der Waals surface area contributed by atoms with E-state index in [2.05, 4.69) is 30.8 Å². The summed E-state index contributed by atoms with van der Waals surface area (Å²) >= 11 is 0. The van der Waals surface area contributed by atoms with Crippen LogP contribution in [-0.2, 0) is 11.3 Å². The highest BCUT2D eigenvalue weighted by atomic mass is 16.6. The lowest BCUT2D eigenvalue weighted by molar-refractivity contribution is 0.122. The van der Waals surface area contributed by atoms with Gasteiger partial charge < -0.3 is 43.6 Å². The smallest absolute Gasteiger partial charge is 0.415 e. The Morgan fingerprint density at radius 2 is 1.74 bits per heavy atom. The summed E-state index contributed by atoms with van der Waals surface area (Å²) in [5.41, 5.74) is 5.15. The Bertz CT molecular complexity index is 2960. The van der Waals surface area contributed by atoms with Crippen LogP contribution in [0.1, 0.15) is 44.6 Å². The molecule has 0 aliphatic carbocycles. The number of carbonyl (C=O) groups is 1. The van der Waals surface area contributed by atoms with Crippen molar-refractivity contribution in [2.45, 2.75) is 45.6 Å². The maximum absolute atomic E-state index is 13.5. The van der Waals surface area contributed by atoms with Gasteiger partial charge in [-0.25, -0.2) is 24.3 Å². The molecule has 3 aromatic carbocycles. The highest BCUT2D eigenvalue weighted by Crippen LogP contribution is 2.40. The van der Waals surface area contributed by atoms with Crippen LogP contribution >= 0.6 is 0 Å². The molecule has 0 unspecified atom stereocenters. The second-order valence-corrected chi connectivity index (χ2v) is 16.2. The predicted octanol–water partition coefficient (Wildman–Crippen LogP) is 8.02. The molecule has 10 rings (SSSR count). The molecule has 8 aromatic rings. The van der Waals surface area contributed by atoms with Gasteiger partial charge in [0.15, 0.2) is 23.0 Å². The summed E-state index contributed by atoms with van der Waals surface area (Å²) in [6.07, 6.45) is 6.05. The minimum atomic E-state index is -0.381. The van der Waals surface area contributed by atoms with E-state index < -0.39 is 0 Å². The van der Waals surface area contributed by atoms with Crippen LogP contribution in [0.15, 0.2) is 89.6 Å². The Labute approximate surface area is 355 Å². The molecule has 2 fully saturated rings. The van der Waals surface area contributed by atoms with Gasteiger partial charge in [-0.3, -0.25) is 0 Å². The van der Waals surface area contributed by atoms with Crippen molar-refractivity contribution in [3.8, 4) is 51.7 Å². The highest BCUT2D eigenvalue weighted by molar-refractivity contribution is 6.05. The van der Waals surface area contributed by atoms with Crippen LogP contribution in [0.4, 0.5) is 10.6 Å². The number of furan rings is 1. The molecular weight excluding hydrogens is 791 g/mol. The molecule has 1 amide bonds. The molecule has 2 aliphatic heterocycles. The van der Waals surface area contributed by atoms with Gasteiger partial charge in [-0.15, -0.1) is 5.10 Å². The molecule has 0 bridgehead atoms. The van der Waals surface area contributed by atoms with Gasteiger partial charge in [0.1, 0.15) is 22.8 Å². The number of phenolic OH excluding ortho intramolecular Hbond substituents is 2. The molecular formula is C46H45N9O7. The number of benzene rings is 3. The van der Waals surface area contributed by atoms with Gasteiger partial charge in [-0.05, 0) is 91.3 Å². The van der Waals surface area contributed by atoms with Crippen molar-refractivity contribution in [2.24, 2.45) is 5.92 Å². The fourth-order valence-corrected chi connectivity index (χ4v) is 8.62. The van der Waals surface area contributed by atoms with Gasteiger partial charge in [-0.2, -0.15) is 0 Å². The number of hydrogen-bond acceptors (Lipinski definition) is 13. The number of morpholine rings is 1. The predicted molar refractivity (Wildman–Crippen MR) is 232 cm³/mol. The van der Waals surface area contributed by atoms with Crippen LogP contribution in [-0.4, -0.2) is 100.0 Å².